The van der Waals surface area contributed by atoms with Gasteiger partial charge < -0.3 is 5.11 Å². The quantitative estimate of drug-likeness (QED) is 0.875. The zero-order chi connectivity index (χ0) is 13.0. The van der Waals surface area contributed by atoms with Crippen LogP contribution in [0.1, 0.15) is 12.6 Å². The second kappa shape index (κ2) is 5.60. The second-order valence-electron chi connectivity index (χ2n) is 4.19. The number of rotatable bonds is 5. The van der Waals surface area contributed by atoms with Crippen LogP contribution in [0.25, 0.3) is 10.9 Å². The lowest BCUT2D eigenvalue weighted by Gasteiger charge is -2.17. The Balaban J connectivity index is 2.17. The number of hydrogen-bond donors (Lipinski definition) is 1. The molecule has 4 heteroatoms. The molecule has 4 nitrogen and oxygen atoms in total. The van der Waals surface area contributed by atoms with E-state index in [0.29, 0.717) is 13.1 Å². The van der Waals surface area contributed by atoms with Gasteiger partial charge in [-0.2, -0.15) is 0 Å². The Bertz CT molecular complexity index is 554. The SMILES string of the molecule is CCN(CC(=O)O)Cc1ccc2ccccc2n1. The molecule has 0 spiro atoms. The molecule has 0 saturated heterocycles. The van der Waals surface area contributed by atoms with E-state index in [1.165, 1.54) is 0 Å². The molecule has 0 aliphatic heterocycles. The summed E-state index contributed by atoms with van der Waals surface area (Å²) in [5.74, 6) is -0.808. The summed E-state index contributed by atoms with van der Waals surface area (Å²) in [7, 11) is 0. The number of pyridine rings is 1. The first kappa shape index (κ1) is 12.5. The van der Waals surface area contributed by atoms with Crippen LogP contribution in [-0.4, -0.2) is 34.0 Å². The number of carbonyl (C=O) groups is 1. The van der Waals surface area contributed by atoms with Crippen molar-refractivity contribution in [2.45, 2.75) is 13.5 Å². The third-order valence-electron chi connectivity index (χ3n) is 2.85. The molecule has 0 aliphatic carbocycles. The highest BCUT2D eigenvalue weighted by atomic mass is 16.4. The lowest BCUT2D eigenvalue weighted by atomic mass is 10.2. The van der Waals surface area contributed by atoms with Crippen molar-refractivity contribution in [2.75, 3.05) is 13.1 Å². The molecule has 1 heterocycles. The first-order valence-corrected chi connectivity index (χ1v) is 5.98. The molecule has 0 radical (unpaired) electrons. The number of nitrogens with zero attached hydrogens (tertiary/aromatic N) is 2. The molecule has 1 aromatic heterocycles. The van der Waals surface area contributed by atoms with E-state index in [1.807, 2.05) is 48.2 Å². The first-order valence-electron chi connectivity index (χ1n) is 5.98. The highest BCUT2D eigenvalue weighted by Crippen LogP contribution is 2.12. The van der Waals surface area contributed by atoms with Crippen molar-refractivity contribution in [3.63, 3.8) is 0 Å². The van der Waals surface area contributed by atoms with Gasteiger partial charge in [0.25, 0.3) is 0 Å². The first-order chi connectivity index (χ1) is 8.69. The molecule has 0 unspecified atom stereocenters. The van der Waals surface area contributed by atoms with Crippen molar-refractivity contribution in [3.8, 4) is 0 Å². The van der Waals surface area contributed by atoms with Crippen molar-refractivity contribution in [1.29, 1.82) is 0 Å². The van der Waals surface area contributed by atoms with Crippen molar-refractivity contribution < 1.29 is 9.90 Å². The van der Waals surface area contributed by atoms with Crippen molar-refractivity contribution >= 4 is 16.9 Å². The van der Waals surface area contributed by atoms with E-state index in [1.54, 1.807) is 0 Å². The molecule has 0 atom stereocenters. The minimum atomic E-state index is -0.808. The van der Waals surface area contributed by atoms with E-state index in [9.17, 15) is 4.79 Å². The number of aliphatic carboxylic acids is 1. The number of aromatic nitrogens is 1. The van der Waals surface area contributed by atoms with E-state index in [0.717, 1.165) is 16.6 Å². The largest absolute Gasteiger partial charge is 0.480 e. The normalized spacial score (nSPS) is 11.0. The van der Waals surface area contributed by atoms with Gasteiger partial charge >= 0.3 is 5.97 Å². The maximum atomic E-state index is 10.7. The molecule has 1 N–H and O–H groups in total. The zero-order valence-corrected chi connectivity index (χ0v) is 10.3. The molecule has 2 aromatic rings. The molecule has 0 aliphatic rings. The van der Waals surface area contributed by atoms with Crippen LogP contribution in [-0.2, 0) is 11.3 Å². The summed E-state index contributed by atoms with van der Waals surface area (Å²) < 4.78 is 0. The topological polar surface area (TPSA) is 53.4 Å². The van der Waals surface area contributed by atoms with E-state index in [-0.39, 0.29) is 6.54 Å². The van der Waals surface area contributed by atoms with Gasteiger partial charge in [-0.3, -0.25) is 14.7 Å². The van der Waals surface area contributed by atoms with Crippen molar-refractivity contribution in [3.05, 3.63) is 42.1 Å². The molecule has 94 valence electrons. The van der Waals surface area contributed by atoms with Gasteiger partial charge in [-0.1, -0.05) is 31.2 Å². The molecule has 0 amide bonds. The molecule has 1 aromatic carbocycles. The minimum absolute atomic E-state index is 0.0466. The van der Waals surface area contributed by atoms with Gasteiger partial charge in [0.1, 0.15) is 0 Å². The fourth-order valence-corrected chi connectivity index (χ4v) is 1.90. The minimum Gasteiger partial charge on any atom is -0.480 e. The zero-order valence-electron chi connectivity index (χ0n) is 10.3. The van der Waals surface area contributed by atoms with Crippen LogP contribution < -0.4 is 0 Å². The van der Waals surface area contributed by atoms with Crippen LogP contribution in [0, 0.1) is 0 Å². The van der Waals surface area contributed by atoms with E-state index >= 15 is 0 Å². The highest BCUT2D eigenvalue weighted by molar-refractivity contribution is 5.78. The van der Waals surface area contributed by atoms with Crippen LogP contribution in [0.15, 0.2) is 36.4 Å². The number of carboxylic acid groups (broad SMARTS) is 1. The fourth-order valence-electron chi connectivity index (χ4n) is 1.90. The summed E-state index contributed by atoms with van der Waals surface area (Å²) >= 11 is 0. The molecular formula is C14H16N2O2. The lowest BCUT2D eigenvalue weighted by molar-refractivity contribution is -0.138. The Labute approximate surface area is 106 Å². The Hall–Kier alpha value is -1.94. The molecular weight excluding hydrogens is 228 g/mol. The van der Waals surface area contributed by atoms with Crippen LogP contribution in [0.4, 0.5) is 0 Å². The van der Waals surface area contributed by atoms with Crippen LogP contribution >= 0.6 is 0 Å². The third kappa shape index (κ3) is 3.05. The number of likely N-dealkylation sites (N-methyl/N-ethyl adjacent to an activating group) is 1. The standard InChI is InChI=1S/C14H16N2O2/c1-2-16(10-14(17)18)9-12-8-7-11-5-3-4-6-13(11)15-12/h3-8H,2,9-10H2,1H3,(H,17,18). The number of carboxylic acids is 1. The number of para-hydroxylation sites is 1. The second-order valence-corrected chi connectivity index (χ2v) is 4.19. The van der Waals surface area contributed by atoms with E-state index in [4.69, 9.17) is 5.11 Å². The summed E-state index contributed by atoms with van der Waals surface area (Å²) in [5, 5.41) is 9.90. The predicted molar refractivity (Wildman–Crippen MR) is 70.3 cm³/mol. The summed E-state index contributed by atoms with van der Waals surface area (Å²) in [6.07, 6.45) is 0. The van der Waals surface area contributed by atoms with E-state index in [2.05, 4.69) is 4.98 Å². The molecule has 0 fully saturated rings. The van der Waals surface area contributed by atoms with Gasteiger partial charge in [-0.25, -0.2) is 0 Å². The predicted octanol–water partition coefficient (Wildman–Crippen LogP) is 2.14. The average molecular weight is 244 g/mol. The van der Waals surface area contributed by atoms with Gasteiger partial charge in [0, 0.05) is 11.9 Å². The van der Waals surface area contributed by atoms with Gasteiger partial charge in [0.05, 0.1) is 17.8 Å². The Morgan fingerprint density at radius 2 is 2.06 bits per heavy atom. The van der Waals surface area contributed by atoms with Crippen molar-refractivity contribution in [1.82, 2.24) is 9.88 Å². The molecule has 0 bridgehead atoms. The number of fused-ring (bicyclic) bond motifs is 1. The molecule has 0 saturated carbocycles. The van der Waals surface area contributed by atoms with Crippen LogP contribution in [0.2, 0.25) is 0 Å². The maximum Gasteiger partial charge on any atom is 0.317 e. The van der Waals surface area contributed by atoms with Gasteiger partial charge in [0.2, 0.25) is 0 Å². The Morgan fingerprint density at radius 3 is 2.78 bits per heavy atom. The van der Waals surface area contributed by atoms with Crippen LogP contribution in [0.5, 0.6) is 0 Å². The summed E-state index contributed by atoms with van der Waals surface area (Å²) in [5.41, 5.74) is 1.85. The Morgan fingerprint density at radius 1 is 1.28 bits per heavy atom. The number of hydrogen-bond acceptors (Lipinski definition) is 3. The molecule has 2 rings (SSSR count). The summed E-state index contributed by atoms with van der Waals surface area (Å²) in [6, 6.07) is 11.9. The van der Waals surface area contributed by atoms with Crippen LogP contribution in [0.3, 0.4) is 0 Å². The average Bonchev–Trinajstić information content (AvgIpc) is 2.37. The summed E-state index contributed by atoms with van der Waals surface area (Å²) in [6.45, 7) is 3.25. The smallest absolute Gasteiger partial charge is 0.317 e. The van der Waals surface area contributed by atoms with Crippen molar-refractivity contribution in [2.24, 2.45) is 0 Å². The number of benzene rings is 1. The molecule has 18 heavy (non-hydrogen) atoms. The fraction of sp³-hybridized carbons (Fsp3) is 0.286. The maximum absolute atomic E-state index is 10.7. The van der Waals surface area contributed by atoms with Gasteiger partial charge in [0.15, 0.2) is 0 Å². The van der Waals surface area contributed by atoms with E-state index < -0.39 is 5.97 Å². The third-order valence-corrected chi connectivity index (χ3v) is 2.85. The lowest BCUT2D eigenvalue weighted by Crippen LogP contribution is -2.29. The summed E-state index contributed by atoms with van der Waals surface area (Å²) in [4.78, 5) is 17.1. The Kier molecular flexibility index (Phi) is 3.89. The monoisotopic (exact) mass is 244 g/mol. The highest BCUT2D eigenvalue weighted by Gasteiger charge is 2.09. The van der Waals surface area contributed by atoms with Gasteiger partial charge in [-0.05, 0) is 18.7 Å². The van der Waals surface area contributed by atoms with Gasteiger partial charge in [-0.15, -0.1) is 0 Å².